The van der Waals surface area contributed by atoms with Gasteiger partial charge in [-0.2, -0.15) is 0 Å². The van der Waals surface area contributed by atoms with Crippen molar-refractivity contribution in [3.8, 4) is 10.4 Å². The summed E-state index contributed by atoms with van der Waals surface area (Å²) in [6, 6.07) is 16.7. The van der Waals surface area contributed by atoms with Crippen molar-refractivity contribution < 1.29 is 9.18 Å². The molecule has 1 aliphatic rings. The molecule has 1 fully saturated rings. The summed E-state index contributed by atoms with van der Waals surface area (Å²) in [5.41, 5.74) is 4.09. The number of hydrogen-bond acceptors (Lipinski definition) is 3. The van der Waals surface area contributed by atoms with Crippen LogP contribution in [0.2, 0.25) is 0 Å². The maximum Gasteiger partial charge on any atom is 0.238 e. The second-order valence-electron chi connectivity index (χ2n) is 5.96. The largest absolute Gasteiger partial charge is 0.295 e. The quantitative estimate of drug-likeness (QED) is 0.595. The highest BCUT2D eigenvalue weighted by Crippen LogP contribution is 2.43. The Morgan fingerprint density at radius 3 is 2.60 bits per heavy atom. The Balaban J connectivity index is 1.71. The van der Waals surface area contributed by atoms with E-state index in [1.807, 2.05) is 24.0 Å². The summed E-state index contributed by atoms with van der Waals surface area (Å²) in [6.07, 6.45) is 0. The van der Waals surface area contributed by atoms with Gasteiger partial charge in [0.15, 0.2) is 0 Å². The summed E-state index contributed by atoms with van der Waals surface area (Å²) >= 11 is 3.28. The fourth-order valence-corrected chi connectivity index (χ4v) is 4.97. The van der Waals surface area contributed by atoms with E-state index in [2.05, 4.69) is 23.6 Å². The number of carbonyl (C=O) groups excluding carboxylic acids is 1. The normalized spacial score (nSPS) is 17.3. The van der Waals surface area contributed by atoms with Crippen LogP contribution in [-0.2, 0) is 4.79 Å². The molecule has 0 saturated carbocycles. The Morgan fingerprint density at radius 2 is 1.92 bits per heavy atom. The Hall–Kier alpha value is -2.11. The van der Waals surface area contributed by atoms with Crippen molar-refractivity contribution in [2.75, 3.05) is 10.7 Å². The molecule has 2 heterocycles. The third kappa shape index (κ3) is 3.10. The van der Waals surface area contributed by atoms with Crippen LogP contribution in [0.4, 0.5) is 10.1 Å². The zero-order chi connectivity index (χ0) is 17.4. The minimum atomic E-state index is -0.263. The van der Waals surface area contributed by atoms with Gasteiger partial charge in [-0.15, -0.1) is 23.1 Å². The smallest absolute Gasteiger partial charge is 0.238 e. The highest BCUT2D eigenvalue weighted by Gasteiger charge is 2.34. The molecule has 1 saturated heterocycles. The zero-order valence-corrected chi connectivity index (χ0v) is 15.2. The first-order valence-corrected chi connectivity index (χ1v) is 9.90. The van der Waals surface area contributed by atoms with Crippen LogP contribution >= 0.6 is 23.1 Å². The summed E-state index contributed by atoms with van der Waals surface area (Å²) in [7, 11) is 0. The summed E-state index contributed by atoms with van der Waals surface area (Å²) < 4.78 is 13.2. The first-order chi connectivity index (χ1) is 12.1. The second-order valence-corrected chi connectivity index (χ2v) is 7.97. The average Bonchev–Trinajstić information content (AvgIpc) is 3.26. The van der Waals surface area contributed by atoms with E-state index in [0.717, 1.165) is 22.4 Å². The van der Waals surface area contributed by atoms with Crippen LogP contribution in [0.5, 0.6) is 0 Å². The van der Waals surface area contributed by atoms with Crippen molar-refractivity contribution in [1.82, 2.24) is 0 Å². The topological polar surface area (TPSA) is 20.3 Å². The van der Waals surface area contributed by atoms with Gasteiger partial charge in [0.1, 0.15) is 11.2 Å². The predicted molar refractivity (Wildman–Crippen MR) is 104 cm³/mol. The van der Waals surface area contributed by atoms with E-state index in [0.29, 0.717) is 5.75 Å². The van der Waals surface area contributed by atoms with Crippen molar-refractivity contribution >= 4 is 34.7 Å². The standard InChI is InChI=1S/C20H16FNOS2/c1-13-11-15(18-3-2-10-24-18)6-9-17(13)22-19(23)12-25-20(22)14-4-7-16(21)8-5-14/h2-11,20H,12H2,1H3. The van der Waals surface area contributed by atoms with E-state index in [4.69, 9.17) is 0 Å². The Bertz CT molecular complexity index is 906. The van der Waals surface area contributed by atoms with Crippen LogP contribution < -0.4 is 4.90 Å². The molecule has 2 nitrogen and oxygen atoms in total. The highest BCUT2D eigenvalue weighted by atomic mass is 32.2. The maximum absolute atomic E-state index is 13.2. The molecule has 126 valence electrons. The molecule has 5 heteroatoms. The Kier molecular flexibility index (Phi) is 4.36. The van der Waals surface area contributed by atoms with Gasteiger partial charge in [-0.3, -0.25) is 9.69 Å². The fraction of sp³-hybridized carbons (Fsp3) is 0.150. The minimum absolute atomic E-state index is 0.0892. The first kappa shape index (κ1) is 16.4. The van der Waals surface area contributed by atoms with Crippen LogP contribution in [0.1, 0.15) is 16.5 Å². The number of halogens is 1. The molecule has 0 aliphatic carbocycles. The summed E-state index contributed by atoms with van der Waals surface area (Å²) in [6.45, 7) is 2.03. The number of amides is 1. The van der Waals surface area contributed by atoms with E-state index in [-0.39, 0.29) is 17.1 Å². The summed E-state index contributed by atoms with van der Waals surface area (Å²) in [5, 5.41) is 1.95. The third-order valence-corrected chi connectivity index (χ3v) is 6.42. The molecule has 1 unspecified atom stereocenters. The van der Waals surface area contributed by atoms with Crippen LogP contribution in [0.15, 0.2) is 60.0 Å². The molecule has 1 aliphatic heterocycles. The molecule has 1 aromatic heterocycles. The van der Waals surface area contributed by atoms with Gasteiger partial charge in [0.05, 0.1) is 5.75 Å². The molecule has 0 radical (unpaired) electrons. The first-order valence-electron chi connectivity index (χ1n) is 7.97. The van der Waals surface area contributed by atoms with Gasteiger partial charge in [-0.05, 0) is 59.3 Å². The highest BCUT2D eigenvalue weighted by molar-refractivity contribution is 8.00. The van der Waals surface area contributed by atoms with Crippen LogP contribution in [0.3, 0.4) is 0 Å². The maximum atomic E-state index is 13.2. The molecule has 0 bridgehead atoms. The summed E-state index contributed by atoms with van der Waals surface area (Å²) in [5.74, 6) is 0.265. The Morgan fingerprint density at radius 1 is 1.12 bits per heavy atom. The Labute approximate surface area is 154 Å². The molecule has 1 atom stereocenters. The number of carbonyl (C=O) groups is 1. The molecule has 3 aromatic rings. The summed E-state index contributed by atoms with van der Waals surface area (Å²) in [4.78, 5) is 15.6. The zero-order valence-electron chi connectivity index (χ0n) is 13.6. The molecule has 2 aromatic carbocycles. The van der Waals surface area contributed by atoms with Gasteiger partial charge >= 0.3 is 0 Å². The number of thiophene rings is 1. The van der Waals surface area contributed by atoms with Crippen molar-refractivity contribution in [2.45, 2.75) is 12.3 Å². The van der Waals surface area contributed by atoms with Crippen molar-refractivity contribution in [2.24, 2.45) is 0 Å². The number of nitrogens with zero attached hydrogens (tertiary/aromatic N) is 1. The number of hydrogen-bond donors (Lipinski definition) is 0. The van der Waals surface area contributed by atoms with E-state index >= 15 is 0 Å². The lowest BCUT2D eigenvalue weighted by atomic mass is 10.1. The van der Waals surface area contributed by atoms with Gasteiger partial charge in [0, 0.05) is 10.6 Å². The van der Waals surface area contributed by atoms with Crippen LogP contribution in [-0.4, -0.2) is 11.7 Å². The van der Waals surface area contributed by atoms with Gasteiger partial charge in [-0.1, -0.05) is 24.3 Å². The average molecular weight is 369 g/mol. The van der Waals surface area contributed by atoms with Crippen molar-refractivity contribution in [3.05, 3.63) is 76.9 Å². The molecule has 0 N–H and O–H groups in total. The molecule has 1 amide bonds. The molecule has 0 spiro atoms. The lowest BCUT2D eigenvalue weighted by molar-refractivity contribution is -0.115. The SMILES string of the molecule is Cc1cc(-c2cccs2)ccc1N1C(=O)CSC1c1ccc(F)cc1. The third-order valence-electron chi connectivity index (χ3n) is 4.29. The second kappa shape index (κ2) is 6.65. The van der Waals surface area contributed by atoms with E-state index in [1.165, 1.54) is 17.0 Å². The lowest BCUT2D eigenvalue weighted by Gasteiger charge is -2.26. The molecular weight excluding hydrogens is 353 g/mol. The van der Waals surface area contributed by atoms with E-state index in [9.17, 15) is 9.18 Å². The van der Waals surface area contributed by atoms with Crippen LogP contribution in [0.25, 0.3) is 10.4 Å². The number of aryl methyl sites for hydroxylation is 1. The van der Waals surface area contributed by atoms with Gasteiger partial charge < -0.3 is 0 Å². The number of rotatable bonds is 3. The van der Waals surface area contributed by atoms with Gasteiger partial charge in [0.25, 0.3) is 0 Å². The van der Waals surface area contributed by atoms with E-state index < -0.39 is 0 Å². The van der Waals surface area contributed by atoms with Crippen LogP contribution in [0, 0.1) is 12.7 Å². The minimum Gasteiger partial charge on any atom is -0.295 e. The van der Waals surface area contributed by atoms with Crippen molar-refractivity contribution in [3.63, 3.8) is 0 Å². The number of anilines is 1. The predicted octanol–water partition coefficient (Wildman–Crippen LogP) is 5.64. The van der Waals surface area contributed by atoms with Gasteiger partial charge in [-0.25, -0.2) is 4.39 Å². The molecule has 4 rings (SSSR count). The van der Waals surface area contributed by atoms with Gasteiger partial charge in [0.2, 0.25) is 5.91 Å². The molecular formula is C20H16FNOS2. The molecule has 25 heavy (non-hydrogen) atoms. The van der Waals surface area contributed by atoms with Crippen molar-refractivity contribution in [1.29, 1.82) is 0 Å². The fourth-order valence-electron chi connectivity index (χ4n) is 3.08. The monoisotopic (exact) mass is 369 g/mol. The number of thioether (sulfide) groups is 1. The van der Waals surface area contributed by atoms with E-state index in [1.54, 1.807) is 35.2 Å². The lowest BCUT2D eigenvalue weighted by Crippen LogP contribution is -2.28. The number of benzene rings is 2.